The summed E-state index contributed by atoms with van der Waals surface area (Å²) < 4.78 is 14.4. The molecule has 0 atom stereocenters. The minimum atomic E-state index is -0.480. The first-order chi connectivity index (χ1) is 12.7. The Bertz CT molecular complexity index is 1060. The van der Waals surface area contributed by atoms with Crippen molar-refractivity contribution in [3.05, 3.63) is 77.5 Å². The Labute approximate surface area is 149 Å². The van der Waals surface area contributed by atoms with E-state index in [0.717, 1.165) is 27.9 Å². The molecule has 0 aliphatic rings. The Morgan fingerprint density at radius 2 is 2.08 bits per heavy atom. The van der Waals surface area contributed by atoms with Gasteiger partial charge < -0.3 is 10.3 Å². The number of aromatic amines is 1. The molecule has 6 nitrogen and oxygen atoms in total. The molecule has 0 saturated heterocycles. The summed E-state index contributed by atoms with van der Waals surface area (Å²) in [5, 5.41) is 4.03. The van der Waals surface area contributed by atoms with Crippen LogP contribution in [0.15, 0.2) is 49.2 Å². The molecular formula is C19H17FN6. The van der Waals surface area contributed by atoms with E-state index in [-0.39, 0.29) is 0 Å². The quantitative estimate of drug-likeness (QED) is 0.541. The molecule has 0 spiro atoms. The lowest BCUT2D eigenvalue weighted by Gasteiger charge is -2.08. The van der Waals surface area contributed by atoms with E-state index in [1.165, 1.54) is 6.33 Å². The van der Waals surface area contributed by atoms with Gasteiger partial charge in [-0.05, 0) is 36.2 Å². The highest BCUT2D eigenvalue weighted by molar-refractivity contribution is 5.78. The molecule has 4 aromatic heterocycles. The zero-order valence-electron chi connectivity index (χ0n) is 14.2. The Morgan fingerprint density at radius 3 is 2.92 bits per heavy atom. The first-order valence-electron chi connectivity index (χ1n) is 8.26. The summed E-state index contributed by atoms with van der Waals surface area (Å²) in [6, 6.07) is 7.45. The third kappa shape index (κ3) is 3.37. The van der Waals surface area contributed by atoms with E-state index < -0.39 is 5.95 Å². The number of nitrogens with zero attached hydrogens (tertiary/aromatic N) is 4. The highest BCUT2D eigenvalue weighted by atomic mass is 19.1. The second-order valence-corrected chi connectivity index (χ2v) is 6.08. The average molecular weight is 348 g/mol. The fourth-order valence-electron chi connectivity index (χ4n) is 2.86. The predicted octanol–water partition coefficient (Wildman–Crippen LogP) is 3.40. The smallest absolute Gasteiger partial charge is 0.218 e. The van der Waals surface area contributed by atoms with Crippen LogP contribution in [0.2, 0.25) is 0 Å². The zero-order chi connectivity index (χ0) is 17.9. The Kier molecular flexibility index (Phi) is 4.27. The molecule has 4 heterocycles. The normalized spacial score (nSPS) is 11.0. The summed E-state index contributed by atoms with van der Waals surface area (Å²) in [5.74, 6) is 0.0232. The molecule has 4 aromatic rings. The highest BCUT2D eigenvalue weighted by Gasteiger charge is 2.10. The SMILES string of the molecule is Cc1cc(CNc2ccc(Cc3c[nH]c4ncncc34)c(F)n2)ccn1. The summed E-state index contributed by atoms with van der Waals surface area (Å²) >= 11 is 0. The number of rotatable bonds is 5. The molecular weight excluding hydrogens is 331 g/mol. The van der Waals surface area contributed by atoms with Gasteiger partial charge in [-0.1, -0.05) is 6.07 Å². The van der Waals surface area contributed by atoms with Crippen LogP contribution in [0.3, 0.4) is 0 Å². The Balaban J connectivity index is 1.49. The van der Waals surface area contributed by atoms with Crippen molar-refractivity contribution in [1.82, 2.24) is 24.9 Å². The number of anilines is 1. The first-order valence-corrected chi connectivity index (χ1v) is 8.26. The number of aromatic nitrogens is 5. The van der Waals surface area contributed by atoms with Crippen LogP contribution in [0, 0.1) is 12.9 Å². The van der Waals surface area contributed by atoms with Gasteiger partial charge >= 0.3 is 0 Å². The molecule has 0 aromatic carbocycles. The monoisotopic (exact) mass is 348 g/mol. The lowest BCUT2D eigenvalue weighted by atomic mass is 10.1. The van der Waals surface area contributed by atoms with E-state index in [2.05, 4.69) is 30.2 Å². The van der Waals surface area contributed by atoms with Crippen LogP contribution in [-0.4, -0.2) is 24.9 Å². The van der Waals surface area contributed by atoms with Gasteiger partial charge in [0, 0.05) is 48.2 Å². The summed E-state index contributed by atoms with van der Waals surface area (Å²) in [4.78, 5) is 19.4. The number of fused-ring (bicyclic) bond motifs is 1. The summed E-state index contributed by atoms with van der Waals surface area (Å²) in [6.07, 6.45) is 7.22. The van der Waals surface area contributed by atoms with Gasteiger partial charge in [-0.2, -0.15) is 4.39 Å². The first kappa shape index (κ1) is 16.1. The van der Waals surface area contributed by atoms with Gasteiger partial charge in [-0.25, -0.2) is 15.0 Å². The molecule has 2 N–H and O–H groups in total. The summed E-state index contributed by atoms with van der Waals surface area (Å²) in [7, 11) is 0. The van der Waals surface area contributed by atoms with Gasteiger partial charge in [0.1, 0.15) is 17.8 Å². The van der Waals surface area contributed by atoms with E-state index in [1.54, 1.807) is 24.5 Å². The molecule has 0 aliphatic carbocycles. The standard InChI is InChI=1S/C19H17FN6/c1-12-6-13(4-5-22-12)8-23-17-3-2-14(18(20)26-17)7-15-9-24-19-16(15)10-21-11-25-19/h2-6,9-11H,7-8H2,1H3,(H,23,26)(H,21,24,25). The van der Waals surface area contributed by atoms with Crippen molar-refractivity contribution in [3.8, 4) is 0 Å². The van der Waals surface area contributed by atoms with Gasteiger partial charge in [-0.3, -0.25) is 4.98 Å². The van der Waals surface area contributed by atoms with Gasteiger partial charge in [0.25, 0.3) is 0 Å². The van der Waals surface area contributed by atoms with Crippen LogP contribution >= 0.6 is 0 Å². The molecule has 0 aliphatic heterocycles. The maximum absolute atomic E-state index is 14.4. The summed E-state index contributed by atoms with van der Waals surface area (Å²) in [5.41, 5.74) is 4.23. The van der Waals surface area contributed by atoms with E-state index in [0.29, 0.717) is 24.3 Å². The lowest BCUT2D eigenvalue weighted by molar-refractivity contribution is 0.571. The molecule has 26 heavy (non-hydrogen) atoms. The molecule has 0 saturated carbocycles. The van der Waals surface area contributed by atoms with Gasteiger partial charge in [0.2, 0.25) is 5.95 Å². The van der Waals surface area contributed by atoms with E-state index >= 15 is 0 Å². The van der Waals surface area contributed by atoms with E-state index in [9.17, 15) is 4.39 Å². The third-order valence-corrected chi connectivity index (χ3v) is 4.18. The van der Waals surface area contributed by atoms with Crippen LogP contribution in [0.1, 0.15) is 22.4 Å². The van der Waals surface area contributed by atoms with Crippen molar-refractivity contribution in [1.29, 1.82) is 0 Å². The van der Waals surface area contributed by atoms with Crippen molar-refractivity contribution < 1.29 is 4.39 Å². The van der Waals surface area contributed by atoms with E-state index in [4.69, 9.17) is 0 Å². The molecule has 4 rings (SSSR count). The molecule has 0 radical (unpaired) electrons. The molecule has 0 bridgehead atoms. The average Bonchev–Trinajstić information content (AvgIpc) is 3.05. The van der Waals surface area contributed by atoms with Gasteiger partial charge in [0.15, 0.2) is 0 Å². The van der Waals surface area contributed by atoms with Crippen molar-refractivity contribution in [2.24, 2.45) is 0 Å². The zero-order valence-corrected chi connectivity index (χ0v) is 14.2. The highest BCUT2D eigenvalue weighted by Crippen LogP contribution is 2.20. The Hall–Kier alpha value is -3.35. The van der Waals surface area contributed by atoms with Crippen LogP contribution in [0.4, 0.5) is 10.2 Å². The fraction of sp³-hybridized carbons (Fsp3) is 0.158. The minimum absolute atomic E-state index is 0.427. The predicted molar refractivity (Wildman–Crippen MR) is 97.2 cm³/mol. The largest absolute Gasteiger partial charge is 0.366 e. The van der Waals surface area contributed by atoms with Crippen LogP contribution < -0.4 is 5.32 Å². The fourth-order valence-corrected chi connectivity index (χ4v) is 2.86. The number of nitrogens with one attached hydrogen (secondary N) is 2. The van der Waals surface area contributed by atoms with Crippen LogP contribution in [-0.2, 0) is 13.0 Å². The molecule has 130 valence electrons. The second-order valence-electron chi connectivity index (χ2n) is 6.08. The maximum Gasteiger partial charge on any atom is 0.218 e. The maximum atomic E-state index is 14.4. The molecule has 0 fully saturated rings. The minimum Gasteiger partial charge on any atom is -0.366 e. The number of H-pyrrole nitrogens is 1. The van der Waals surface area contributed by atoms with Crippen LogP contribution in [0.25, 0.3) is 11.0 Å². The number of hydrogen-bond acceptors (Lipinski definition) is 5. The third-order valence-electron chi connectivity index (χ3n) is 4.18. The molecule has 7 heteroatoms. The van der Waals surface area contributed by atoms with E-state index in [1.807, 2.05) is 25.3 Å². The van der Waals surface area contributed by atoms with Crippen molar-refractivity contribution in [2.75, 3.05) is 5.32 Å². The number of pyridine rings is 2. The van der Waals surface area contributed by atoms with Crippen molar-refractivity contribution >= 4 is 16.9 Å². The molecule has 0 unspecified atom stereocenters. The molecule has 0 amide bonds. The Morgan fingerprint density at radius 1 is 1.15 bits per heavy atom. The van der Waals surface area contributed by atoms with Crippen molar-refractivity contribution in [2.45, 2.75) is 19.9 Å². The summed E-state index contributed by atoms with van der Waals surface area (Å²) in [6.45, 7) is 2.50. The topological polar surface area (TPSA) is 79.4 Å². The number of aryl methyl sites for hydroxylation is 1. The van der Waals surface area contributed by atoms with Crippen LogP contribution in [0.5, 0.6) is 0 Å². The van der Waals surface area contributed by atoms with Gasteiger partial charge in [-0.15, -0.1) is 0 Å². The lowest BCUT2D eigenvalue weighted by Crippen LogP contribution is -2.04. The number of halogens is 1. The van der Waals surface area contributed by atoms with Crippen molar-refractivity contribution in [3.63, 3.8) is 0 Å². The number of hydrogen-bond donors (Lipinski definition) is 2. The second kappa shape index (κ2) is 6.87. The van der Waals surface area contributed by atoms with Gasteiger partial charge in [0.05, 0.1) is 0 Å².